The van der Waals surface area contributed by atoms with Crippen LogP contribution in [0.1, 0.15) is 30.9 Å². The van der Waals surface area contributed by atoms with Crippen molar-refractivity contribution in [2.75, 3.05) is 13.2 Å². The number of aliphatic hydroxyl groups is 1. The first kappa shape index (κ1) is 16.2. The van der Waals surface area contributed by atoms with Crippen LogP contribution in [0.15, 0.2) is 9.31 Å². The Kier molecular flexibility index (Phi) is 5.54. The molecular weight excluding hydrogens is 270 g/mol. The van der Waals surface area contributed by atoms with E-state index in [0.717, 1.165) is 0 Å². The van der Waals surface area contributed by atoms with Crippen LogP contribution >= 0.6 is 0 Å². The van der Waals surface area contributed by atoms with Crippen LogP contribution in [0.2, 0.25) is 0 Å². The Morgan fingerprint density at radius 1 is 1.32 bits per heavy atom. The number of ether oxygens (including phenoxy) is 1. The highest BCUT2D eigenvalue weighted by molar-refractivity contribution is 7.89. The van der Waals surface area contributed by atoms with E-state index in [-0.39, 0.29) is 29.9 Å². The van der Waals surface area contributed by atoms with Crippen molar-refractivity contribution in [3.05, 3.63) is 17.1 Å². The predicted octanol–water partition coefficient (Wildman–Crippen LogP) is 1.09. The standard InChI is InChI=1S/C12H21NO5S/c1-8(2)17-6-5-13-19(15,16)12-10(4)18-9(3)11(12)7-14/h8,13-14H,5-7H2,1-4H3. The van der Waals surface area contributed by atoms with Crippen molar-refractivity contribution in [3.8, 4) is 0 Å². The second kappa shape index (κ2) is 6.51. The molecule has 0 aliphatic heterocycles. The molecule has 0 radical (unpaired) electrons. The molecule has 0 aromatic carbocycles. The number of hydrogen-bond donors (Lipinski definition) is 2. The first-order valence-electron chi connectivity index (χ1n) is 6.10. The van der Waals surface area contributed by atoms with Crippen molar-refractivity contribution in [2.45, 2.75) is 45.3 Å². The Morgan fingerprint density at radius 2 is 1.95 bits per heavy atom. The zero-order valence-electron chi connectivity index (χ0n) is 11.7. The van der Waals surface area contributed by atoms with E-state index < -0.39 is 10.0 Å². The topological polar surface area (TPSA) is 88.8 Å². The maximum absolute atomic E-state index is 12.2. The van der Waals surface area contributed by atoms with Crippen molar-refractivity contribution in [1.82, 2.24) is 4.72 Å². The number of aryl methyl sites for hydroxylation is 2. The molecule has 0 unspecified atom stereocenters. The average Bonchev–Trinajstić information content (AvgIpc) is 2.59. The van der Waals surface area contributed by atoms with E-state index in [2.05, 4.69) is 4.72 Å². The summed E-state index contributed by atoms with van der Waals surface area (Å²) in [4.78, 5) is 0.0250. The molecule has 0 bridgehead atoms. The molecule has 1 rings (SSSR count). The minimum absolute atomic E-state index is 0.0250. The molecule has 0 spiro atoms. The van der Waals surface area contributed by atoms with Crippen LogP contribution in [-0.4, -0.2) is 32.8 Å². The molecule has 6 nitrogen and oxygen atoms in total. The highest BCUT2D eigenvalue weighted by atomic mass is 32.2. The van der Waals surface area contributed by atoms with E-state index >= 15 is 0 Å². The summed E-state index contributed by atoms with van der Waals surface area (Å²) in [6, 6.07) is 0. The van der Waals surface area contributed by atoms with E-state index in [4.69, 9.17) is 9.15 Å². The maximum atomic E-state index is 12.2. The van der Waals surface area contributed by atoms with Gasteiger partial charge >= 0.3 is 0 Å². The van der Waals surface area contributed by atoms with Crippen LogP contribution < -0.4 is 4.72 Å². The van der Waals surface area contributed by atoms with Gasteiger partial charge < -0.3 is 14.3 Å². The highest BCUT2D eigenvalue weighted by Gasteiger charge is 2.26. The summed E-state index contributed by atoms with van der Waals surface area (Å²) in [7, 11) is -3.69. The lowest BCUT2D eigenvalue weighted by Gasteiger charge is -2.09. The van der Waals surface area contributed by atoms with Crippen LogP contribution in [0.25, 0.3) is 0 Å². The molecule has 0 atom stereocenters. The Hall–Kier alpha value is -0.890. The summed E-state index contributed by atoms with van der Waals surface area (Å²) in [5.74, 6) is 0.692. The largest absolute Gasteiger partial charge is 0.465 e. The molecule has 0 aliphatic rings. The average molecular weight is 291 g/mol. The molecule has 19 heavy (non-hydrogen) atoms. The Labute approximate surface area is 113 Å². The van der Waals surface area contributed by atoms with Crippen LogP contribution in [0.4, 0.5) is 0 Å². The van der Waals surface area contributed by atoms with Gasteiger partial charge in [0.15, 0.2) is 0 Å². The molecule has 0 saturated carbocycles. The molecule has 0 amide bonds. The van der Waals surface area contributed by atoms with Crippen LogP contribution in [0.3, 0.4) is 0 Å². The van der Waals surface area contributed by atoms with Crippen molar-refractivity contribution in [3.63, 3.8) is 0 Å². The Morgan fingerprint density at radius 3 is 2.47 bits per heavy atom. The van der Waals surface area contributed by atoms with Gasteiger partial charge in [-0.25, -0.2) is 13.1 Å². The molecule has 1 aromatic heterocycles. The van der Waals surface area contributed by atoms with Gasteiger partial charge in [-0.05, 0) is 27.7 Å². The van der Waals surface area contributed by atoms with E-state index in [1.807, 2.05) is 13.8 Å². The molecule has 0 aliphatic carbocycles. The molecular formula is C12H21NO5S. The molecule has 0 saturated heterocycles. The quantitative estimate of drug-likeness (QED) is 0.734. The second-order valence-corrected chi connectivity index (χ2v) is 6.20. The Bertz CT molecular complexity index is 518. The summed E-state index contributed by atoms with van der Waals surface area (Å²) in [6.07, 6.45) is 0.0513. The van der Waals surface area contributed by atoms with Gasteiger partial charge in [0.25, 0.3) is 0 Å². The summed E-state index contributed by atoms with van der Waals surface area (Å²) >= 11 is 0. The van der Waals surface area contributed by atoms with E-state index in [0.29, 0.717) is 17.9 Å². The second-order valence-electron chi connectivity index (χ2n) is 4.50. The molecule has 7 heteroatoms. The van der Waals surface area contributed by atoms with E-state index in [1.165, 1.54) is 0 Å². The van der Waals surface area contributed by atoms with E-state index in [9.17, 15) is 13.5 Å². The highest BCUT2D eigenvalue weighted by Crippen LogP contribution is 2.26. The number of aliphatic hydroxyl groups excluding tert-OH is 1. The number of nitrogens with one attached hydrogen (secondary N) is 1. The van der Waals surface area contributed by atoms with Gasteiger partial charge in [0.05, 0.1) is 19.3 Å². The van der Waals surface area contributed by atoms with Gasteiger partial charge in [0.1, 0.15) is 16.4 Å². The lowest BCUT2D eigenvalue weighted by atomic mass is 10.2. The van der Waals surface area contributed by atoms with Crippen molar-refractivity contribution < 1.29 is 22.7 Å². The van der Waals surface area contributed by atoms with Gasteiger partial charge in [0, 0.05) is 12.1 Å². The van der Waals surface area contributed by atoms with Gasteiger partial charge in [-0.2, -0.15) is 0 Å². The predicted molar refractivity (Wildman–Crippen MR) is 70.4 cm³/mol. The summed E-state index contributed by atoms with van der Waals surface area (Å²) in [6.45, 7) is 7.03. The fourth-order valence-electron chi connectivity index (χ4n) is 1.79. The lowest BCUT2D eigenvalue weighted by molar-refractivity contribution is 0.0834. The van der Waals surface area contributed by atoms with Gasteiger partial charge in [0.2, 0.25) is 10.0 Å². The smallest absolute Gasteiger partial charge is 0.244 e. The summed E-state index contributed by atoms with van der Waals surface area (Å²) < 4.78 is 37.3. The number of sulfonamides is 1. The van der Waals surface area contributed by atoms with Gasteiger partial charge in [-0.3, -0.25) is 0 Å². The zero-order chi connectivity index (χ0) is 14.6. The lowest BCUT2D eigenvalue weighted by Crippen LogP contribution is -2.29. The molecule has 1 heterocycles. The molecule has 0 fully saturated rings. The fraction of sp³-hybridized carbons (Fsp3) is 0.667. The minimum Gasteiger partial charge on any atom is -0.465 e. The van der Waals surface area contributed by atoms with Gasteiger partial charge in [-0.15, -0.1) is 0 Å². The number of hydrogen-bond acceptors (Lipinski definition) is 5. The molecule has 2 N–H and O–H groups in total. The number of furan rings is 1. The van der Waals surface area contributed by atoms with Crippen molar-refractivity contribution >= 4 is 10.0 Å². The van der Waals surface area contributed by atoms with Crippen LogP contribution in [0, 0.1) is 13.8 Å². The zero-order valence-corrected chi connectivity index (χ0v) is 12.5. The third kappa shape index (κ3) is 4.04. The normalized spacial score (nSPS) is 12.3. The number of rotatable bonds is 7. The van der Waals surface area contributed by atoms with Crippen molar-refractivity contribution in [1.29, 1.82) is 0 Å². The van der Waals surface area contributed by atoms with Crippen LogP contribution in [-0.2, 0) is 21.4 Å². The Balaban J connectivity index is 2.83. The fourth-order valence-corrected chi connectivity index (χ4v) is 3.24. The van der Waals surface area contributed by atoms with Crippen molar-refractivity contribution in [2.24, 2.45) is 0 Å². The maximum Gasteiger partial charge on any atom is 0.244 e. The van der Waals surface area contributed by atoms with Gasteiger partial charge in [-0.1, -0.05) is 0 Å². The summed E-state index contributed by atoms with van der Waals surface area (Å²) in [5, 5.41) is 9.24. The third-order valence-electron chi connectivity index (χ3n) is 2.60. The monoisotopic (exact) mass is 291 g/mol. The molecule has 110 valence electrons. The first-order chi connectivity index (χ1) is 8.79. The SMILES string of the molecule is Cc1oc(C)c(S(=O)(=O)NCCOC(C)C)c1CO. The third-order valence-corrected chi connectivity index (χ3v) is 4.25. The minimum atomic E-state index is -3.69. The summed E-state index contributed by atoms with van der Waals surface area (Å²) in [5.41, 5.74) is 0.301. The van der Waals surface area contributed by atoms with E-state index in [1.54, 1.807) is 13.8 Å². The van der Waals surface area contributed by atoms with Crippen LogP contribution in [0.5, 0.6) is 0 Å². The molecule has 1 aromatic rings. The first-order valence-corrected chi connectivity index (χ1v) is 7.59.